The van der Waals surface area contributed by atoms with Gasteiger partial charge < -0.3 is 10.6 Å². The summed E-state index contributed by atoms with van der Waals surface area (Å²) in [5.74, 6) is 0.215. The van der Waals surface area contributed by atoms with Crippen LogP contribution in [0.1, 0.15) is 22.7 Å². The number of nitrogens with one attached hydrogen (secondary N) is 2. The number of aryl methyl sites for hydroxylation is 1. The molecule has 1 heterocycles. The van der Waals surface area contributed by atoms with Gasteiger partial charge in [0.05, 0.1) is 6.54 Å². The van der Waals surface area contributed by atoms with Gasteiger partial charge in [-0.1, -0.05) is 12.1 Å². The first-order valence-corrected chi connectivity index (χ1v) is 8.47. The number of rotatable bonds is 6. The fraction of sp³-hybridized carbons (Fsp3) is 0.375. The van der Waals surface area contributed by atoms with E-state index >= 15 is 0 Å². The lowest BCUT2D eigenvalue weighted by molar-refractivity contribution is -0.140. The second-order valence-electron chi connectivity index (χ2n) is 5.21. The molecule has 144 valence electrons. The molecule has 2 aromatic rings. The van der Waals surface area contributed by atoms with Crippen molar-refractivity contribution < 1.29 is 17.6 Å². The summed E-state index contributed by atoms with van der Waals surface area (Å²) in [7, 11) is 1.57. The number of alkyl halides is 3. The van der Waals surface area contributed by atoms with Gasteiger partial charge in [-0.15, -0.1) is 35.3 Å². The smallest absolute Gasteiger partial charge is 0.356 e. The minimum atomic E-state index is -4.43. The molecule has 0 aliphatic carbocycles. The maximum atomic E-state index is 13.1. The zero-order valence-corrected chi connectivity index (χ0v) is 17.1. The predicted molar refractivity (Wildman–Crippen MR) is 105 cm³/mol. The highest BCUT2D eigenvalue weighted by molar-refractivity contribution is 14.0. The van der Waals surface area contributed by atoms with Crippen molar-refractivity contribution in [3.63, 3.8) is 0 Å². The number of aromatic nitrogens is 1. The Kier molecular flexibility index (Phi) is 9.27. The fourth-order valence-corrected chi connectivity index (χ4v) is 2.83. The standard InChI is InChI=1S/C16H18F4N4S.HI/c1-21-15(22-7-3-5-11-4-2-6-12(17)8-11)23-9-14-24-13(10-25-14)16(18,19)20;/h2,4,6,8,10H,3,5,7,9H2,1H3,(H2,21,22,23);1H. The molecule has 26 heavy (non-hydrogen) atoms. The van der Waals surface area contributed by atoms with Gasteiger partial charge in [-0.3, -0.25) is 4.99 Å². The minimum absolute atomic E-state index is 0. The summed E-state index contributed by atoms with van der Waals surface area (Å²) in [6.07, 6.45) is -2.95. The highest BCUT2D eigenvalue weighted by Crippen LogP contribution is 2.29. The summed E-state index contributed by atoms with van der Waals surface area (Å²) in [5, 5.41) is 7.30. The number of halogens is 5. The number of benzene rings is 1. The third kappa shape index (κ3) is 7.44. The first kappa shape index (κ1) is 22.6. The first-order chi connectivity index (χ1) is 11.9. The van der Waals surface area contributed by atoms with Crippen LogP contribution in [0, 0.1) is 5.82 Å². The molecule has 0 aliphatic heterocycles. The van der Waals surface area contributed by atoms with E-state index in [0.717, 1.165) is 28.7 Å². The van der Waals surface area contributed by atoms with E-state index in [1.807, 2.05) is 6.07 Å². The molecule has 0 radical (unpaired) electrons. The summed E-state index contributed by atoms with van der Waals surface area (Å²) in [4.78, 5) is 7.55. The third-order valence-corrected chi connectivity index (χ3v) is 4.15. The van der Waals surface area contributed by atoms with Crippen LogP contribution in [0.2, 0.25) is 0 Å². The maximum Gasteiger partial charge on any atom is 0.434 e. The van der Waals surface area contributed by atoms with E-state index in [-0.39, 0.29) is 36.3 Å². The van der Waals surface area contributed by atoms with E-state index in [9.17, 15) is 17.6 Å². The Bertz CT molecular complexity index is 718. The Labute approximate surface area is 170 Å². The van der Waals surface area contributed by atoms with Gasteiger partial charge in [0.25, 0.3) is 0 Å². The largest absolute Gasteiger partial charge is 0.434 e. The SMILES string of the molecule is CN=C(NCCCc1cccc(F)c1)NCc1nc(C(F)(F)F)cs1.I. The first-order valence-electron chi connectivity index (χ1n) is 7.59. The quantitative estimate of drug-likeness (QED) is 0.205. The van der Waals surface area contributed by atoms with E-state index in [0.29, 0.717) is 23.9 Å². The molecule has 0 unspecified atom stereocenters. The molecule has 2 N–H and O–H groups in total. The Balaban J connectivity index is 0.00000338. The van der Waals surface area contributed by atoms with Crippen LogP contribution in [0.5, 0.6) is 0 Å². The lowest BCUT2D eigenvalue weighted by atomic mass is 10.1. The molecule has 10 heteroatoms. The lowest BCUT2D eigenvalue weighted by Gasteiger charge is -2.11. The summed E-state index contributed by atoms with van der Waals surface area (Å²) in [6, 6.07) is 6.42. The maximum absolute atomic E-state index is 13.1. The monoisotopic (exact) mass is 502 g/mol. The van der Waals surface area contributed by atoms with Crippen LogP contribution >= 0.6 is 35.3 Å². The molecule has 0 amide bonds. The topological polar surface area (TPSA) is 49.3 Å². The molecule has 0 saturated carbocycles. The average Bonchev–Trinajstić information content (AvgIpc) is 3.03. The van der Waals surface area contributed by atoms with Crippen molar-refractivity contribution in [2.24, 2.45) is 4.99 Å². The van der Waals surface area contributed by atoms with Crippen LogP contribution in [-0.4, -0.2) is 24.5 Å². The zero-order chi connectivity index (χ0) is 18.3. The summed E-state index contributed by atoms with van der Waals surface area (Å²) in [5.41, 5.74) is 0.0274. The second-order valence-corrected chi connectivity index (χ2v) is 6.15. The normalized spacial score (nSPS) is 11.8. The van der Waals surface area contributed by atoms with Gasteiger partial charge in [-0.05, 0) is 30.5 Å². The molecule has 1 aromatic heterocycles. The van der Waals surface area contributed by atoms with E-state index in [4.69, 9.17) is 0 Å². The molecule has 1 aromatic carbocycles. The van der Waals surface area contributed by atoms with Crippen LogP contribution in [0.3, 0.4) is 0 Å². The van der Waals surface area contributed by atoms with Gasteiger partial charge in [0.1, 0.15) is 10.8 Å². The van der Waals surface area contributed by atoms with Crippen LogP contribution < -0.4 is 10.6 Å². The van der Waals surface area contributed by atoms with E-state index in [1.165, 1.54) is 12.1 Å². The highest BCUT2D eigenvalue weighted by Gasteiger charge is 2.33. The van der Waals surface area contributed by atoms with Crippen molar-refractivity contribution in [2.45, 2.75) is 25.6 Å². The molecule has 4 nitrogen and oxygen atoms in total. The Morgan fingerprint density at radius 3 is 2.65 bits per heavy atom. The van der Waals surface area contributed by atoms with Gasteiger partial charge in [0.2, 0.25) is 0 Å². The van der Waals surface area contributed by atoms with Crippen molar-refractivity contribution in [3.05, 3.63) is 51.7 Å². The molecule has 2 rings (SSSR count). The van der Waals surface area contributed by atoms with Gasteiger partial charge in [0.15, 0.2) is 11.7 Å². The van der Waals surface area contributed by atoms with Crippen molar-refractivity contribution in [2.75, 3.05) is 13.6 Å². The van der Waals surface area contributed by atoms with Crippen molar-refractivity contribution in [1.29, 1.82) is 0 Å². The van der Waals surface area contributed by atoms with Crippen LogP contribution in [-0.2, 0) is 19.1 Å². The Morgan fingerprint density at radius 1 is 1.27 bits per heavy atom. The number of aliphatic imine (C=N–C) groups is 1. The number of hydrogen-bond acceptors (Lipinski definition) is 3. The molecule has 0 spiro atoms. The molecule has 0 aliphatic rings. The molecule has 0 fully saturated rings. The van der Waals surface area contributed by atoms with E-state index in [2.05, 4.69) is 20.6 Å². The van der Waals surface area contributed by atoms with Crippen molar-refractivity contribution in [1.82, 2.24) is 15.6 Å². The second kappa shape index (κ2) is 10.7. The van der Waals surface area contributed by atoms with Gasteiger partial charge in [-0.25, -0.2) is 9.37 Å². The Morgan fingerprint density at radius 2 is 2.04 bits per heavy atom. The molecule has 0 bridgehead atoms. The van der Waals surface area contributed by atoms with E-state index < -0.39 is 11.9 Å². The molecule has 0 atom stereocenters. The molecular formula is C16H19F4IN4S. The lowest BCUT2D eigenvalue weighted by Crippen LogP contribution is -2.37. The van der Waals surface area contributed by atoms with Crippen LogP contribution in [0.4, 0.5) is 17.6 Å². The van der Waals surface area contributed by atoms with Gasteiger partial charge in [-0.2, -0.15) is 13.2 Å². The third-order valence-electron chi connectivity index (χ3n) is 3.30. The van der Waals surface area contributed by atoms with Crippen molar-refractivity contribution in [3.8, 4) is 0 Å². The average molecular weight is 502 g/mol. The highest BCUT2D eigenvalue weighted by atomic mass is 127. The Hall–Kier alpha value is -1.43. The van der Waals surface area contributed by atoms with Gasteiger partial charge >= 0.3 is 6.18 Å². The predicted octanol–water partition coefficient (Wildman–Crippen LogP) is 4.22. The molecular weight excluding hydrogens is 483 g/mol. The summed E-state index contributed by atoms with van der Waals surface area (Å²) >= 11 is 0.944. The molecule has 0 saturated heterocycles. The van der Waals surface area contributed by atoms with Gasteiger partial charge in [0, 0.05) is 19.0 Å². The number of hydrogen-bond donors (Lipinski definition) is 2. The van der Waals surface area contributed by atoms with E-state index in [1.54, 1.807) is 13.1 Å². The van der Waals surface area contributed by atoms with Crippen molar-refractivity contribution >= 4 is 41.3 Å². The summed E-state index contributed by atoms with van der Waals surface area (Å²) < 4.78 is 50.6. The van der Waals surface area contributed by atoms with Crippen LogP contribution in [0.15, 0.2) is 34.6 Å². The minimum Gasteiger partial charge on any atom is -0.356 e. The van der Waals surface area contributed by atoms with Crippen LogP contribution in [0.25, 0.3) is 0 Å². The number of thiazole rings is 1. The number of nitrogens with zero attached hydrogens (tertiary/aromatic N) is 2. The zero-order valence-electron chi connectivity index (χ0n) is 13.9. The fourth-order valence-electron chi connectivity index (χ4n) is 2.09. The summed E-state index contributed by atoms with van der Waals surface area (Å²) in [6.45, 7) is 0.756. The number of guanidine groups is 1.